The molecule has 0 bridgehead atoms. The van der Waals surface area contributed by atoms with Crippen molar-refractivity contribution in [1.29, 1.82) is 0 Å². The molecule has 1 aliphatic carbocycles. The Hall–Kier alpha value is -3.16. The van der Waals surface area contributed by atoms with Crippen molar-refractivity contribution in [2.75, 3.05) is 13.6 Å². The summed E-state index contributed by atoms with van der Waals surface area (Å²) in [5.41, 5.74) is -1.55. The number of ether oxygens (including phenoxy) is 1. The second-order valence-corrected chi connectivity index (χ2v) is 15.3. The Morgan fingerprint density at radius 2 is 1.82 bits per heavy atom. The number of carbonyl (C=O) groups is 4. The molecule has 0 spiro atoms. The van der Waals surface area contributed by atoms with Crippen LogP contribution in [-0.2, 0) is 35.9 Å². The summed E-state index contributed by atoms with van der Waals surface area (Å²) in [7, 11) is -2.91. The summed E-state index contributed by atoms with van der Waals surface area (Å²) in [6, 6.07) is 4.94. The van der Waals surface area contributed by atoms with Gasteiger partial charge in [0.25, 0.3) is 5.91 Å². The summed E-state index contributed by atoms with van der Waals surface area (Å²) in [6.07, 6.45) is 7.65. The maximum atomic E-state index is 13.7. The fourth-order valence-corrected chi connectivity index (χ4v) is 6.78. The van der Waals surface area contributed by atoms with Gasteiger partial charge in [-0.2, -0.15) is 12.7 Å². The predicted octanol–water partition coefficient (Wildman–Crippen LogP) is 3.41. The SMILES string of the molecule is CN(Cc1ccc(Cl)cc1)S(=O)(=O)NC(=O)[C@@]12C[C@H]1/C=C\CCCCC[C@H](NC(=O)OC(C)(C)C)C(=O)N1CCC[C@H]1C(=O)N2. The first-order valence-corrected chi connectivity index (χ1v) is 17.2. The van der Waals surface area contributed by atoms with Gasteiger partial charge in [0.05, 0.1) is 0 Å². The van der Waals surface area contributed by atoms with Crippen molar-refractivity contribution in [2.45, 2.75) is 102 Å². The maximum absolute atomic E-state index is 13.7. The van der Waals surface area contributed by atoms with Gasteiger partial charge in [0.15, 0.2) is 0 Å². The molecule has 12 nitrogen and oxygen atoms in total. The van der Waals surface area contributed by atoms with Gasteiger partial charge in [-0.15, -0.1) is 0 Å². The minimum absolute atomic E-state index is 0.000115. The Morgan fingerprint density at radius 3 is 2.51 bits per heavy atom. The second-order valence-electron chi connectivity index (χ2n) is 13.0. The minimum Gasteiger partial charge on any atom is -0.444 e. The van der Waals surface area contributed by atoms with E-state index in [2.05, 4.69) is 15.4 Å². The summed E-state index contributed by atoms with van der Waals surface area (Å²) in [4.78, 5) is 55.1. The Balaban J connectivity index is 1.52. The highest BCUT2D eigenvalue weighted by atomic mass is 35.5. The molecule has 3 aliphatic rings. The molecule has 4 atom stereocenters. The first-order chi connectivity index (χ1) is 21.1. The van der Waals surface area contributed by atoms with Crippen LogP contribution >= 0.6 is 11.6 Å². The van der Waals surface area contributed by atoms with Crippen molar-refractivity contribution in [3.63, 3.8) is 0 Å². The largest absolute Gasteiger partial charge is 0.444 e. The zero-order valence-electron chi connectivity index (χ0n) is 26.3. The molecule has 0 unspecified atom stereocenters. The number of hydrogen-bond donors (Lipinski definition) is 3. The van der Waals surface area contributed by atoms with Crippen LogP contribution in [0.4, 0.5) is 4.79 Å². The average molecular weight is 666 g/mol. The standard InChI is InChI=1S/C31H44ClN5O7S/c1-30(2,3)44-29(41)33-24-12-9-7-5-6-8-11-22-19-31(22,34-26(38)25-13-10-18-37(25)27(24)39)28(40)35-45(42,43)36(4)20-21-14-16-23(32)17-15-21/h8,11,14-17,22,24-25H,5-7,9-10,12-13,18-20H2,1-4H3,(H,33,41)(H,34,38)(H,35,40)/b11-8-/t22-,24+,25+,31-/m1/s1. The fourth-order valence-electron chi connectivity index (χ4n) is 5.76. The van der Waals surface area contributed by atoms with Crippen LogP contribution in [0.2, 0.25) is 5.02 Å². The van der Waals surface area contributed by atoms with Gasteiger partial charge in [-0.1, -0.05) is 48.7 Å². The zero-order chi connectivity index (χ0) is 33.0. The lowest BCUT2D eigenvalue weighted by Crippen LogP contribution is -2.59. The van der Waals surface area contributed by atoms with Gasteiger partial charge in [0, 0.05) is 31.1 Å². The highest BCUT2D eigenvalue weighted by Crippen LogP contribution is 2.45. The molecule has 2 heterocycles. The topological polar surface area (TPSA) is 154 Å². The maximum Gasteiger partial charge on any atom is 0.408 e. The van der Waals surface area contributed by atoms with E-state index in [9.17, 15) is 27.6 Å². The summed E-state index contributed by atoms with van der Waals surface area (Å²) in [5, 5.41) is 6.05. The molecule has 2 aliphatic heterocycles. The number of nitrogens with zero attached hydrogens (tertiary/aromatic N) is 2. The molecule has 0 aromatic heterocycles. The number of alkyl carbamates (subject to hydrolysis) is 1. The van der Waals surface area contributed by atoms with E-state index in [1.165, 1.54) is 11.9 Å². The van der Waals surface area contributed by atoms with Crippen LogP contribution in [0.25, 0.3) is 0 Å². The smallest absolute Gasteiger partial charge is 0.408 e. The fraction of sp³-hybridized carbons (Fsp3) is 0.613. The molecule has 4 rings (SSSR count). The van der Waals surface area contributed by atoms with Crippen molar-refractivity contribution in [3.05, 3.63) is 47.0 Å². The van der Waals surface area contributed by atoms with Crippen LogP contribution in [0, 0.1) is 5.92 Å². The van der Waals surface area contributed by atoms with Crippen molar-refractivity contribution < 1.29 is 32.3 Å². The second kappa shape index (κ2) is 14.1. The molecular weight excluding hydrogens is 622 g/mol. The average Bonchev–Trinajstić information content (AvgIpc) is 3.40. The van der Waals surface area contributed by atoms with Gasteiger partial charge in [-0.3, -0.25) is 14.4 Å². The van der Waals surface area contributed by atoms with Crippen LogP contribution < -0.4 is 15.4 Å². The number of carbonyl (C=O) groups excluding carboxylic acids is 4. The van der Waals surface area contributed by atoms with E-state index in [4.69, 9.17) is 16.3 Å². The third-order valence-electron chi connectivity index (χ3n) is 8.28. The molecule has 45 heavy (non-hydrogen) atoms. The van der Waals surface area contributed by atoms with Crippen molar-refractivity contribution in [3.8, 4) is 0 Å². The minimum atomic E-state index is -4.26. The predicted molar refractivity (Wildman–Crippen MR) is 169 cm³/mol. The lowest BCUT2D eigenvalue weighted by atomic mass is 10.0. The number of hydrogen-bond acceptors (Lipinski definition) is 7. The first kappa shape index (κ1) is 34.7. The van der Waals surface area contributed by atoms with Crippen molar-refractivity contribution in [1.82, 2.24) is 24.6 Å². The normalized spacial score (nSPS) is 26.9. The van der Waals surface area contributed by atoms with Crippen molar-refractivity contribution >= 4 is 45.6 Å². The van der Waals surface area contributed by atoms with E-state index in [-0.39, 0.29) is 18.9 Å². The number of rotatable bonds is 6. The highest BCUT2D eigenvalue weighted by molar-refractivity contribution is 7.87. The van der Waals surface area contributed by atoms with Gasteiger partial charge in [0.1, 0.15) is 23.2 Å². The third-order valence-corrected chi connectivity index (χ3v) is 9.92. The van der Waals surface area contributed by atoms with Crippen LogP contribution in [0.1, 0.15) is 77.7 Å². The lowest BCUT2D eigenvalue weighted by Gasteiger charge is -2.30. The van der Waals surface area contributed by atoms with Gasteiger partial charge in [-0.25, -0.2) is 9.52 Å². The van der Waals surface area contributed by atoms with Crippen molar-refractivity contribution in [2.24, 2.45) is 5.92 Å². The number of halogens is 1. The van der Waals surface area contributed by atoms with E-state index >= 15 is 0 Å². The molecule has 248 valence electrons. The van der Waals surface area contributed by atoms with E-state index in [0.29, 0.717) is 49.2 Å². The van der Waals surface area contributed by atoms with Gasteiger partial charge in [-0.05, 0) is 77.0 Å². The Kier molecular flexibility index (Phi) is 10.9. The quantitative estimate of drug-likeness (QED) is 0.394. The molecule has 4 amide bonds. The Labute approximate surface area is 270 Å². The molecule has 2 fully saturated rings. The van der Waals surface area contributed by atoms with E-state index in [1.807, 2.05) is 12.2 Å². The molecule has 1 aromatic carbocycles. The lowest BCUT2D eigenvalue weighted by molar-refractivity contribution is -0.141. The van der Waals surface area contributed by atoms with Crippen LogP contribution in [0.5, 0.6) is 0 Å². The molecule has 3 N–H and O–H groups in total. The number of allylic oxidation sites excluding steroid dienone is 1. The van der Waals surface area contributed by atoms with Gasteiger partial charge < -0.3 is 20.3 Å². The molecule has 0 radical (unpaired) electrons. The third kappa shape index (κ3) is 8.98. The Bertz CT molecular complexity index is 1410. The monoisotopic (exact) mass is 665 g/mol. The summed E-state index contributed by atoms with van der Waals surface area (Å²) in [5.74, 6) is -2.16. The molecule has 14 heteroatoms. The van der Waals surface area contributed by atoms with E-state index < -0.39 is 57.3 Å². The number of amides is 4. The van der Waals surface area contributed by atoms with Crippen LogP contribution in [-0.4, -0.2) is 78.3 Å². The van der Waals surface area contributed by atoms with E-state index in [1.54, 1.807) is 45.0 Å². The molecular formula is C31H44ClN5O7S. The van der Waals surface area contributed by atoms with Gasteiger partial charge >= 0.3 is 16.3 Å². The summed E-state index contributed by atoms with van der Waals surface area (Å²) in [6.45, 7) is 5.52. The van der Waals surface area contributed by atoms with Gasteiger partial charge in [0.2, 0.25) is 11.8 Å². The first-order valence-electron chi connectivity index (χ1n) is 15.4. The summed E-state index contributed by atoms with van der Waals surface area (Å²) >= 11 is 5.93. The number of benzene rings is 1. The Morgan fingerprint density at radius 1 is 1.11 bits per heavy atom. The molecule has 1 aromatic rings. The zero-order valence-corrected chi connectivity index (χ0v) is 27.9. The van der Waals surface area contributed by atoms with Crippen LogP contribution in [0.15, 0.2) is 36.4 Å². The highest BCUT2D eigenvalue weighted by Gasteiger charge is 2.61. The molecule has 1 saturated heterocycles. The molecule has 1 saturated carbocycles. The number of nitrogens with one attached hydrogen (secondary N) is 3. The number of fused-ring (bicyclic) bond motifs is 2. The van der Waals surface area contributed by atoms with Crippen LogP contribution in [0.3, 0.4) is 0 Å². The van der Waals surface area contributed by atoms with E-state index in [0.717, 1.165) is 17.1 Å². The summed E-state index contributed by atoms with van der Waals surface area (Å²) < 4.78 is 34.9.